The number of hydrogen-bond acceptors (Lipinski definition) is 5. The Labute approximate surface area is 158 Å². The van der Waals surface area contributed by atoms with E-state index in [1.807, 2.05) is 4.90 Å². The topological polar surface area (TPSA) is 71.3 Å². The summed E-state index contributed by atoms with van der Waals surface area (Å²) in [6, 6.07) is 6.64. The van der Waals surface area contributed by atoms with Gasteiger partial charge in [0.1, 0.15) is 5.52 Å². The lowest BCUT2D eigenvalue weighted by Crippen LogP contribution is -2.50. The van der Waals surface area contributed by atoms with E-state index < -0.39 is 11.6 Å². The molecule has 0 N–H and O–H groups in total. The monoisotopic (exact) mass is 385 g/mol. The van der Waals surface area contributed by atoms with Crippen molar-refractivity contribution in [3.63, 3.8) is 0 Å². The molecule has 3 aromatic rings. The average molecular weight is 385 g/mol. The first-order valence-electron chi connectivity index (χ1n) is 8.77. The molecule has 0 aliphatic carbocycles. The molecule has 0 saturated carbocycles. The van der Waals surface area contributed by atoms with Crippen LogP contribution in [0.15, 0.2) is 41.3 Å². The maximum Gasteiger partial charge on any atom is 0.294 e. The molecule has 1 aromatic carbocycles. The predicted octanol–water partition coefficient (Wildman–Crippen LogP) is 1.57. The second-order valence-electron chi connectivity index (χ2n) is 6.55. The van der Waals surface area contributed by atoms with Crippen LogP contribution in [0.4, 0.5) is 14.6 Å². The van der Waals surface area contributed by atoms with Gasteiger partial charge in [-0.05, 0) is 30.3 Å². The van der Waals surface area contributed by atoms with Crippen molar-refractivity contribution in [2.75, 3.05) is 31.1 Å². The second kappa shape index (κ2) is 6.99. The van der Waals surface area contributed by atoms with Gasteiger partial charge in [-0.1, -0.05) is 0 Å². The number of fused-ring (bicyclic) bond motifs is 1. The number of rotatable bonds is 2. The van der Waals surface area contributed by atoms with Gasteiger partial charge in [0.25, 0.3) is 11.5 Å². The molecule has 4 rings (SSSR count). The minimum Gasteiger partial charge on any atom is -0.348 e. The molecule has 1 aliphatic rings. The first-order valence-corrected chi connectivity index (χ1v) is 8.77. The van der Waals surface area contributed by atoms with Gasteiger partial charge in [0.2, 0.25) is 0 Å². The number of carbonyl (C=O) groups excluding carboxylic acids is 1. The SMILES string of the molecule is Cn1c(=O)c(N2CCN(C(=O)c3ccc(F)c(F)c3)CC2)nc2cccnc21. The van der Waals surface area contributed by atoms with E-state index in [0.29, 0.717) is 43.2 Å². The first-order chi connectivity index (χ1) is 13.5. The van der Waals surface area contributed by atoms with E-state index in [-0.39, 0.29) is 17.0 Å². The fourth-order valence-corrected chi connectivity index (χ4v) is 3.28. The Bertz CT molecular complexity index is 1120. The molecule has 0 atom stereocenters. The van der Waals surface area contributed by atoms with Gasteiger partial charge in [-0.2, -0.15) is 0 Å². The summed E-state index contributed by atoms with van der Waals surface area (Å²) in [6.07, 6.45) is 1.60. The molecule has 28 heavy (non-hydrogen) atoms. The van der Waals surface area contributed by atoms with Crippen molar-refractivity contribution in [2.45, 2.75) is 0 Å². The highest BCUT2D eigenvalue weighted by molar-refractivity contribution is 5.94. The fourth-order valence-electron chi connectivity index (χ4n) is 3.28. The largest absolute Gasteiger partial charge is 0.348 e. The van der Waals surface area contributed by atoms with Crippen molar-refractivity contribution < 1.29 is 13.6 Å². The lowest BCUT2D eigenvalue weighted by molar-refractivity contribution is 0.0746. The smallest absolute Gasteiger partial charge is 0.294 e. The zero-order valence-electron chi connectivity index (χ0n) is 15.1. The third kappa shape index (κ3) is 3.08. The van der Waals surface area contributed by atoms with Gasteiger partial charge in [0.05, 0.1) is 0 Å². The Kier molecular flexibility index (Phi) is 4.50. The number of hydrogen-bond donors (Lipinski definition) is 0. The summed E-state index contributed by atoms with van der Waals surface area (Å²) in [7, 11) is 1.64. The summed E-state index contributed by atoms with van der Waals surface area (Å²) in [5.74, 6) is -2.11. The number of halogens is 2. The third-order valence-electron chi connectivity index (χ3n) is 4.84. The Hall–Kier alpha value is -3.36. The molecule has 144 valence electrons. The van der Waals surface area contributed by atoms with E-state index in [1.54, 1.807) is 30.3 Å². The van der Waals surface area contributed by atoms with Gasteiger partial charge in [-0.15, -0.1) is 0 Å². The lowest BCUT2D eigenvalue weighted by Gasteiger charge is -2.35. The van der Waals surface area contributed by atoms with Crippen LogP contribution in [0.1, 0.15) is 10.4 Å². The maximum absolute atomic E-state index is 13.4. The third-order valence-corrected chi connectivity index (χ3v) is 4.84. The molecule has 2 aromatic heterocycles. The molecule has 1 aliphatic heterocycles. The second-order valence-corrected chi connectivity index (χ2v) is 6.55. The van der Waals surface area contributed by atoms with Gasteiger partial charge >= 0.3 is 0 Å². The standard InChI is InChI=1S/C19H17F2N5O2/c1-24-16-15(3-2-6-22-16)23-17(19(24)28)25-7-9-26(10-8-25)18(27)12-4-5-13(20)14(21)11-12/h2-6,11H,7-10H2,1H3. The highest BCUT2D eigenvalue weighted by atomic mass is 19.2. The molecule has 0 spiro atoms. The molecule has 0 radical (unpaired) electrons. The zero-order valence-corrected chi connectivity index (χ0v) is 15.1. The van der Waals surface area contributed by atoms with Crippen LogP contribution in [0.25, 0.3) is 11.2 Å². The van der Waals surface area contributed by atoms with Gasteiger partial charge in [0, 0.05) is 45.0 Å². The molecular weight excluding hydrogens is 368 g/mol. The fraction of sp³-hybridized carbons (Fsp3) is 0.263. The van der Waals surface area contributed by atoms with Crippen molar-refractivity contribution in [3.8, 4) is 0 Å². The van der Waals surface area contributed by atoms with Crippen LogP contribution >= 0.6 is 0 Å². The maximum atomic E-state index is 13.4. The molecule has 0 bridgehead atoms. The van der Waals surface area contributed by atoms with Crippen LogP contribution in [-0.2, 0) is 7.05 Å². The van der Waals surface area contributed by atoms with E-state index in [2.05, 4.69) is 9.97 Å². The lowest BCUT2D eigenvalue weighted by atomic mass is 10.1. The quantitative estimate of drug-likeness (QED) is 0.670. The first kappa shape index (κ1) is 18.0. The van der Waals surface area contributed by atoms with E-state index in [1.165, 1.54) is 10.6 Å². The summed E-state index contributed by atoms with van der Waals surface area (Å²) >= 11 is 0. The van der Waals surface area contributed by atoms with Gasteiger partial charge < -0.3 is 9.80 Å². The van der Waals surface area contributed by atoms with E-state index in [9.17, 15) is 18.4 Å². The summed E-state index contributed by atoms with van der Waals surface area (Å²) in [5, 5.41) is 0. The van der Waals surface area contributed by atoms with E-state index in [4.69, 9.17) is 0 Å². The van der Waals surface area contributed by atoms with E-state index in [0.717, 1.165) is 12.1 Å². The van der Waals surface area contributed by atoms with Gasteiger partial charge in [-0.3, -0.25) is 14.2 Å². The normalized spacial score (nSPS) is 14.5. The minimum atomic E-state index is -1.05. The Morgan fingerprint density at radius 1 is 1.07 bits per heavy atom. The Morgan fingerprint density at radius 3 is 2.54 bits per heavy atom. The zero-order chi connectivity index (χ0) is 19.8. The van der Waals surface area contributed by atoms with Crippen LogP contribution in [0.5, 0.6) is 0 Å². The predicted molar refractivity (Wildman–Crippen MR) is 99.3 cm³/mol. The van der Waals surface area contributed by atoms with Crippen molar-refractivity contribution in [3.05, 3.63) is 64.1 Å². The number of piperazine rings is 1. The van der Waals surface area contributed by atoms with E-state index >= 15 is 0 Å². The molecule has 7 nitrogen and oxygen atoms in total. The Balaban J connectivity index is 1.53. The number of aromatic nitrogens is 3. The summed E-state index contributed by atoms with van der Waals surface area (Å²) in [4.78, 5) is 37.2. The highest BCUT2D eigenvalue weighted by Crippen LogP contribution is 2.16. The Morgan fingerprint density at radius 2 is 1.82 bits per heavy atom. The molecular formula is C19H17F2N5O2. The number of benzene rings is 1. The molecule has 0 unspecified atom stereocenters. The van der Waals surface area contributed by atoms with Crippen LogP contribution in [0, 0.1) is 11.6 Å². The molecule has 1 saturated heterocycles. The molecule has 1 fully saturated rings. The van der Waals surface area contributed by atoms with Crippen molar-refractivity contribution >= 4 is 22.9 Å². The summed E-state index contributed by atoms with van der Waals surface area (Å²) in [6.45, 7) is 1.49. The summed E-state index contributed by atoms with van der Waals surface area (Å²) in [5.41, 5.74) is 0.952. The van der Waals surface area contributed by atoms with Crippen molar-refractivity contribution in [2.24, 2.45) is 7.05 Å². The van der Waals surface area contributed by atoms with Crippen LogP contribution in [0.3, 0.4) is 0 Å². The molecule has 1 amide bonds. The minimum absolute atomic E-state index is 0.0955. The number of amides is 1. The van der Waals surface area contributed by atoms with Gasteiger partial charge in [0.15, 0.2) is 23.1 Å². The van der Waals surface area contributed by atoms with Crippen LogP contribution in [0.2, 0.25) is 0 Å². The van der Waals surface area contributed by atoms with Crippen LogP contribution < -0.4 is 10.5 Å². The highest BCUT2D eigenvalue weighted by Gasteiger charge is 2.25. The number of carbonyl (C=O) groups is 1. The van der Waals surface area contributed by atoms with Crippen LogP contribution in [-0.4, -0.2) is 51.5 Å². The average Bonchev–Trinajstić information content (AvgIpc) is 2.72. The molecule has 9 heteroatoms. The number of aryl methyl sites for hydroxylation is 1. The van der Waals surface area contributed by atoms with Gasteiger partial charge in [-0.25, -0.2) is 18.7 Å². The number of pyridine rings is 1. The van der Waals surface area contributed by atoms with Crippen molar-refractivity contribution in [1.82, 2.24) is 19.4 Å². The summed E-state index contributed by atoms with van der Waals surface area (Å²) < 4.78 is 27.9. The number of anilines is 1. The van der Waals surface area contributed by atoms with Crippen molar-refractivity contribution in [1.29, 1.82) is 0 Å². The molecule has 3 heterocycles. The number of nitrogens with zero attached hydrogens (tertiary/aromatic N) is 5.